The summed E-state index contributed by atoms with van der Waals surface area (Å²) < 4.78 is 24.1. The molecule has 3 aromatic rings. The van der Waals surface area contributed by atoms with Crippen molar-refractivity contribution in [2.24, 2.45) is 11.8 Å². The van der Waals surface area contributed by atoms with Crippen molar-refractivity contribution in [3.63, 3.8) is 0 Å². The largest absolute Gasteiger partial charge is 0.497 e. The molecule has 6 rings (SSSR count). The molecule has 0 aromatic heterocycles. The van der Waals surface area contributed by atoms with Crippen molar-refractivity contribution in [3.8, 4) is 5.75 Å². The van der Waals surface area contributed by atoms with Crippen molar-refractivity contribution >= 4 is 45.3 Å². The van der Waals surface area contributed by atoms with E-state index in [2.05, 4.69) is 34.4 Å². The zero-order chi connectivity index (χ0) is 40.7. The maximum Gasteiger partial charge on any atom is 0.313 e. The Bertz CT molecular complexity index is 1900. The second kappa shape index (κ2) is 18.6. The van der Waals surface area contributed by atoms with E-state index >= 15 is 9.59 Å². The minimum Gasteiger partial charge on any atom is -0.497 e. The number of allylic oxidation sites excluding steroid dienone is 1. The molecule has 1 spiro atoms. The number of nitrogens with zero attached hydrogens (tertiary/aromatic N) is 2. The van der Waals surface area contributed by atoms with E-state index in [4.69, 9.17) is 18.9 Å². The van der Waals surface area contributed by atoms with Crippen molar-refractivity contribution < 1.29 is 43.2 Å². The molecule has 3 aliphatic rings. The van der Waals surface area contributed by atoms with Crippen LogP contribution in [-0.2, 0) is 39.8 Å². The lowest BCUT2D eigenvalue weighted by Crippen LogP contribution is -2.59. The summed E-state index contributed by atoms with van der Waals surface area (Å²) in [7, 11) is 3.05. The number of carbonyl (C=O) groups excluding carboxylic acids is 4. The number of halogens is 1. The number of ether oxygens (including phenoxy) is 4. The number of rotatable bonds is 19. The van der Waals surface area contributed by atoms with Gasteiger partial charge in [-0.15, -0.1) is 13.2 Å². The van der Waals surface area contributed by atoms with Gasteiger partial charge in [-0.25, -0.2) is 0 Å². The highest BCUT2D eigenvalue weighted by Crippen LogP contribution is 2.61. The molecule has 1 unspecified atom stereocenters. The Labute approximate surface area is 341 Å². The lowest BCUT2D eigenvalue weighted by Gasteiger charge is -2.39. The van der Waals surface area contributed by atoms with Crippen molar-refractivity contribution in [2.45, 2.75) is 66.4 Å². The van der Waals surface area contributed by atoms with Crippen LogP contribution < -0.4 is 15.0 Å². The molecule has 3 aromatic carbocycles. The third kappa shape index (κ3) is 8.43. The Kier molecular flexibility index (Phi) is 13.7. The number of esters is 1. The van der Waals surface area contributed by atoms with Crippen LogP contribution in [0.15, 0.2) is 110 Å². The predicted octanol–water partition coefficient (Wildman–Crippen LogP) is 4.95. The smallest absolute Gasteiger partial charge is 0.313 e. The highest BCUT2D eigenvalue weighted by Gasteiger charge is 2.77. The normalized spacial score (nSPS) is 24.9. The number of fused-ring (bicyclic) bond motifs is 1. The second-order valence-corrected chi connectivity index (χ2v) is 15.8. The van der Waals surface area contributed by atoms with Crippen molar-refractivity contribution in [1.29, 1.82) is 0 Å². The summed E-state index contributed by atoms with van der Waals surface area (Å²) in [5.74, 6) is -3.56. The van der Waals surface area contributed by atoms with Crippen molar-refractivity contribution in [1.82, 2.24) is 10.2 Å². The fourth-order valence-electron chi connectivity index (χ4n) is 8.63. The van der Waals surface area contributed by atoms with Crippen LogP contribution in [0.5, 0.6) is 5.75 Å². The van der Waals surface area contributed by atoms with Gasteiger partial charge in [0.15, 0.2) is 0 Å². The quantitative estimate of drug-likeness (QED) is 0.0975. The van der Waals surface area contributed by atoms with Crippen LogP contribution in [0.2, 0.25) is 0 Å². The van der Waals surface area contributed by atoms with E-state index < -0.39 is 77.0 Å². The Morgan fingerprint density at radius 2 is 1.72 bits per heavy atom. The number of aliphatic hydroxyl groups excluding tert-OH is 1. The number of hydrogen-bond acceptors (Lipinski definition) is 9. The highest BCUT2D eigenvalue weighted by atomic mass is 79.9. The number of amides is 3. The first kappa shape index (κ1) is 41.8. The second-order valence-electron chi connectivity index (χ2n) is 14.6. The number of nitrogens with one attached hydrogen (secondary N) is 1. The summed E-state index contributed by atoms with van der Waals surface area (Å²) in [6.45, 7) is 7.29. The van der Waals surface area contributed by atoms with Crippen LogP contribution >= 0.6 is 15.9 Å². The number of alkyl halides is 1. The molecular formula is C44H50BrN3O9. The summed E-state index contributed by atoms with van der Waals surface area (Å²) in [5.41, 5.74) is 0.550. The van der Waals surface area contributed by atoms with E-state index in [9.17, 15) is 14.7 Å². The SMILES string of the molecule is C=CCCC(=O)N[C@@H](COC)[C@@H](OC(=O)[C@@H]1[C@H]2O[C@@]3(CC2Br)[C@H](C(=O)N(CC=C)c2ccc(OC)cc2)N([C@@H](CO)Cc2ccccc2)C(=O)[C@@H]13)c1ccccc1. The Morgan fingerprint density at radius 1 is 1.04 bits per heavy atom. The van der Waals surface area contributed by atoms with E-state index in [1.807, 2.05) is 36.4 Å². The fourth-order valence-corrected chi connectivity index (χ4v) is 9.58. The lowest BCUT2D eigenvalue weighted by atomic mass is 9.70. The molecule has 3 saturated heterocycles. The first-order valence-corrected chi connectivity index (χ1v) is 20.0. The molecular weight excluding hydrogens is 794 g/mol. The average molecular weight is 845 g/mol. The fraction of sp³-hybridized carbons (Fsp3) is 0.409. The predicted molar refractivity (Wildman–Crippen MR) is 218 cm³/mol. The van der Waals surface area contributed by atoms with Crippen molar-refractivity contribution in [2.75, 3.05) is 38.9 Å². The van der Waals surface area contributed by atoms with Gasteiger partial charge in [0.25, 0.3) is 5.91 Å². The third-order valence-electron chi connectivity index (χ3n) is 11.1. The maximum absolute atomic E-state index is 15.2. The van der Waals surface area contributed by atoms with Gasteiger partial charge < -0.3 is 39.2 Å². The maximum atomic E-state index is 15.2. The first-order valence-electron chi connectivity index (χ1n) is 19.1. The summed E-state index contributed by atoms with van der Waals surface area (Å²) in [6.07, 6.45) is 2.56. The highest BCUT2D eigenvalue weighted by molar-refractivity contribution is 9.09. The standard InChI is InChI=1S/C44H50BrN3O9/c1-5-7-18-35(50)46-34(27-54-3)38(29-16-12-9-13-17-29)56-43(53)36-37-41(51)48(31(26-49)24-28-14-10-8-11-15-28)40(44(37)25-33(45)39(36)57-44)42(52)47(23-6-2)30-19-21-32(55-4)22-20-30/h5-6,8-17,19-22,31,33-34,36-40,49H,1-2,7,18,23-27H2,3-4H3,(H,46,50)/t31-,33?,34+,36+,37-,38+,39+,40+,44-/m1/s1. The average Bonchev–Trinajstić information content (AvgIpc) is 3.83. The van der Waals surface area contributed by atoms with Crippen LogP contribution in [-0.4, -0.2) is 102 Å². The van der Waals surface area contributed by atoms with Gasteiger partial charge in [-0.05, 0) is 54.7 Å². The first-order chi connectivity index (χ1) is 27.6. The number of benzene rings is 3. The van der Waals surface area contributed by atoms with Crippen LogP contribution in [0.3, 0.4) is 0 Å². The number of carbonyl (C=O) groups is 4. The van der Waals surface area contributed by atoms with Gasteiger partial charge in [-0.2, -0.15) is 0 Å². The Balaban J connectivity index is 1.41. The monoisotopic (exact) mass is 843 g/mol. The number of hydrogen-bond donors (Lipinski definition) is 2. The molecule has 302 valence electrons. The number of methoxy groups -OCH3 is 2. The molecule has 3 amide bonds. The molecule has 0 saturated carbocycles. The van der Waals surface area contributed by atoms with Gasteiger partial charge in [0.1, 0.15) is 23.5 Å². The minimum atomic E-state index is -1.46. The Morgan fingerprint density at radius 3 is 2.33 bits per heavy atom. The number of likely N-dealkylation sites (tertiary alicyclic amines) is 1. The summed E-state index contributed by atoms with van der Waals surface area (Å²) in [6, 6.07) is 22.6. The third-order valence-corrected chi connectivity index (χ3v) is 12.0. The van der Waals surface area contributed by atoms with Gasteiger partial charge in [-0.1, -0.05) is 88.7 Å². The van der Waals surface area contributed by atoms with Crippen LogP contribution in [0.1, 0.15) is 36.5 Å². The molecule has 12 nitrogen and oxygen atoms in total. The minimum absolute atomic E-state index is 0.0250. The molecule has 3 aliphatic heterocycles. The van der Waals surface area contributed by atoms with Crippen molar-refractivity contribution in [3.05, 3.63) is 121 Å². The van der Waals surface area contributed by atoms with Gasteiger partial charge in [0.2, 0.25) is 11.8 Å². The van der Waals surface area contributed by atoms with E-state index in [0.717, 1.165) is 5.56 Å². The zero-order valence-electron chi connectivity index (χ0n) is 32.2. The molecule has 9 atom stereocenters. The molecule has 3 fully saturated rings. The van der Waals surface area contributed by atoms with Gasteiger partial charge in [0.05, 0.1) is 50.3 Å². The van der Waals surface area contributed by atoms with Crippen LogP contribution in [0.25, 0.3) is 0 Å². The molecule has 0 radical (unpaired) electrons. The van der Waals surface area contributed by atoms with Crippen LogP contribution in [0, 0.1) is 11.8 Å². The summed E-state index contributed by atoms with van der Waals surface area (Å²) in [4.78, 5) is 60.8. The topological polar surface area (TPSA) is 144 Å². The molecule has 3 heterocycles. The zero-order valence-corrected chi connectivity index (χ0v) is 33.8. The van der Waals surface area contributed by atoms with Gasteiger partial charge in [-0.3, -0.25) is 19.2 Å². The molecule has 57 heavy (non-hydrogen) atoms. The van der Waals surface area contributed by atoms with E-state index in [1.165, 1.54) is 16.9 Å². The molecule has 13 heteroatoms. The number of anilines is 1. The van der Waals surface area contributed by atoms with Gasteiger partial charge >= 0.3 is 5.97 Å². The van der Waals surface area contributed by atoms with E-state index in [0.29, 0.717) is 23.4 Å². The van der Waals surface area contributed by atoms with Gasteiger partial charge in [0, 0.05) is 30.6 Å². The molecule has 0 aliphatic carbocycles. The number of aliphatic hydroxyl groups is 1. The van der Waals surface area contributed by atoms with Crippen LogP contribution in [0.4, 0.5) is 5.69 Å². The molecule has 2 bridgehead atoms. The Hall–Kier alpha value is -4.82. The van der Waals surface area contributed by atoms with E-state index in [-0.39, 0.29) is 38.3 Å². The lowest BCUT2D eigenvalue weighted by molar-refractivity contribution is -0.163. The summed E-state index contributed by atoms with van der Waals surface area (Å²) in [5, 5.41) is 13.9. The molecule has 2 N–H and O–H groups in total. The van der Waals surface area contributed by atoms with E-state index in [1.54, 1.807) is 67.8 Å². The summed E-state index contributed by atoms with van der Waals surface area (Å²) >= 11 is 3.76.